The average Bonchev–Trinajstić information content (AvgIpc) is 3.29. The van der Waals surface area contributed by atoms with Gasteiger partial charge in [0.1, 0.15) is 29.8 Å². The van der Waals surface area contributed by atoms with Gasteiger partial charge in [-0.25, -0.2) is 13.4 Å². The number of benzene rings is 1. The number of hydrogen-bond donors (Lipinski definition) is 1. The maximum Gasteiger partial charge on any atom is 0.294 e. The Labute approximate surface area is 246 Å². The van der Waals surface area contributed by atoms with Crippen molar-refractivity contribution in [1.82, 2.24) is 18.8 Å². The summed E-state index contributed by atoms with van der Waals surface area (Å²) < 4.78 is 36.3. The third-order valence-corrected chi connectivity index (χ3v) is 9.21. The first-order valence-electron chi connectivity index (χ1n) is 13.9. The molecule has 3 aromatic rings. The standard InChI is InChI=1S/C26H34N6O10S/c1-4-6-18-15-29(3)24-23(18)27-25(28-26(24)33)20-14-19(7-8-21(20)40-13-5-2)43(38,39)30-11-9-17(10-12-30)22(42-32(36)37)16-41-31(34)35/h7-8,14-15,17,22H,4-6,9-13,16H2,1-3H3,(H,27,28,33)/t22-/m1/s1. The fourth-order valence-electron chi connectivity index (χ4n) is 5.28. The maximum absolute atomic E-state index is 13.7. The van der Waals surface area contributed by atoms with Gasteiger partial charge in [-0.1, -0.05) is 20.3 Å². The minimum absolute atomic E-state index is 0.00209. The maximum atomic E-state index is 13.7. The first-order valence-corrected chi connectivity index (χ1v) is 15.3. The lowest BCUT2D eigenvalue weighted by atomic mass is 9.92. The summed E-state index contributed by atoms with van der Waals surface area (Å²) in [7, 11) is -2.28. The first kappa shape index (κ1) is 31.7. The molecular formula is C26H34N6O10S. The highest BCUT2D eigenvalue weighted by Gasteiger charge is 2.35. The number of fused-ring (bicyclic) bond motifs is 1. The number of nitrogens with zero attached hydrogens (tertiary/aromatic N) is 5. The summed E-state index contributed by atoms with van der Waals surface area (Å²) in [6.07, 6.45) is 3.21. The van der Waals surface area contributed by atoms with E-state index in [4.69, 9.17) is 9.72 Å². The number of aromatic amines is 1. The van der Waals surface area contributed by atoms with Crippen molar-refractivity contribution in [2.24, 2.45) is 13.0 Å². The number of aryl methyl sites for hydroxylation is 2. The van der Waals surface area contributed by atoms with Gasteiger partial charge >= 0.3 is 0 Å². The minimum atomic E-state index is -4.05. The van der Waals surface area contributed by atoms with Crippen molar-refractivity contribution in [1.29, 1.82) is 0 Å². The van der Waals surface area contributed by atoms with Crippen molar-refractivity contribution in [3.63, 3.8) is 0 Å². The van der Waals surface area contributed by atoms with Gasteiger partial charge in [-0.2, -0.15) is 4.31 Å². The highest BCUT2D eigenvalue weighted by atomic mass is 32.2. The number of rotatable bonds is 14. The van der Waals surface area contributed by atoms with Crippen LogP contribution in [0, 0.1) is 26.1 Å². The molecule has 1 N–H and O–H groups in total. The van der Waals surface area contributed by atoms with Gasteiger partial charge < -0.3 is 24.0 Å². The molecule has 0 aliphatic carbocycles. The summed E-state index contributed by atoms with van der Waals surface area (Å²) in [4.78, 5) is 51.0. The van der Waals surface area contributed by atoms with Crippen LogP contribution < -0.4 is 10.3 Å². The Bertz CT molecular complexity index is 1650. The van der Waals surface area contributed by atoms with E-state index in [0.717, 1.165) is 12.0 Å². The van der Waals surface area contributed by atoms with Crippen LogP contribution in [-0.4, -0.2) is 69.8 Å². The molecule has 1 aliphatic rings. The van der Waals surface area contributed by atoms with E-state index in [1.165, 1.54) is 22.5 Å². The molecule has 1 fully saturated rings. The molecule has 0 unspecified atom stereocenters. The van der Waals surface area contributed by atoms with Gasteiger partial charge in [0.05, 0.1) is 22.6 Å². The van der Waals surface area contributed by atoms with E-state index in [9.17, 15) is 33.4 Å². The van der Waals surface area contributed by atoms with Crippen LogP contribution in [0.5, 0.6) is 5.75 Å². The second-order valence-corrected chi connectivity index (χ2v) is 12.2. The molecule has 0 amide bonds. The Hall–Kier alpha value is -4.25. The van der Waals surface area contributed by atoms with Crippen molar-refractivity contribution in [3.05, 3.63) is 60.5 Å². The van der Waals surface area contributed by atoms with Crippen molar-refractivity contribution in [2.75, 3.05) is 26.3 Å². The SMILES string of the molecule is CCCOc1ccc(S(=O)(=O)N2CCC([C@@H](CO[N+](=O)[O-])O[N+](=O)[O-])CC2)cc1-c1nc2c(CCC)cn(C)c2c(=O)[nH]1. The van der Waals surface area contributed by atoms with E-state index in [2.05, 4.69) is 14.7 Å². The van der Waals surface area contributed by atoms with Crippen LogP contribution in [-0.2, 0) is 33.2 Å². The molecule has 0 saturated carbocycles. The number of ether oxygens (including phenoxy) is 1. The summed E-state index contributed by atoms with van der Waals surface area (Å²) in [5.41, 5.74) is 1.79. The Morgan fingerprint density at radius 3 is 2.49 bits per heavy atom. The molecular weight excluding hydrogens is 588 g/mol. The molecule has 1 atom stereocenters. The average molecular weight is 623 g/mol. The molecule has 0 radical (unpaired) electrons. The molecule has 1 aromatic carbocycles. The number of H-pyrrole nitrogens is 1. The number of aromatic nitrogens is 3. The summed E-state index contributed by atoms with van der Waals surface area (Å²) in [5, 5.41) is 19.4. The van der Waals surface area contributed by atoms with Gasteiger partial charge in [-0.15, -0.1) is 20.2 Å². The molecule has 17 heteroatoms. The van der Waals surface area contributed by atoms with E-state index in [-0.39, 0.29) is 42.2 Å². The zero-order chi connectivity index (χ0) is 31.3. The third kappa shape index (κ3) is 7.05. The largest absolute Gasteiger partial charge is 0.493 e. The highest BCUT2D eigenvalue weighted by molar-refractivity contribution is 7.89. The quantitative estimate of drug-likeness (QED) is 0.205. The van der Waals surface area contributed by atoms with Crippen molar-refractivity contribution in [3.8, 4) is 17.1 Å². The van der Waals surface area contributed by atoms with Gasteiger partial charge in [0, 0.05) is 26.3 Å². The summed E-state index contributed by atoms with van der Waals surface area (Å²) in [5.74, 6) is -0.00427. The Balaban J connectivity index is 1.66. The normalized spacial score (nSPS) is 15.3. The fourth-order valence-corrected chi connectivity index (χ4v) is 6.78. The number of hydrogen-bond acceptors (Lipinski definition) is 11. The Morgan fingerprint density at radius 2 is 1.86 bits per heavy atom. The van der Waals surface area contributed by atoms with Gasteiger partial charge in [0.15, 0.2) is 0 Å². The third-order valence-electron chi connectivity index (χ3n) is 7.32. The van der Waals surface area contributed by atoms with Gasteiger partial charge in [-0.05, 0) is 55.4 Å². The molecule has 4 rings (SSSR count). The van der Waals surface area contributed by atoms with Crippen molar-refractivity contribution < 1.29 is 33.0 Å². The molecule has 1 aliphatic heterocycles. The molecule has 16 nitrogen and oxygen atoms in total. The number of piperidine rings is 1. The summed E-state index contributed by atoms with van der Waals surface area (Å²) in [6.45, 7) is 3.66. The summed E-state index contributed by atoms with van der Waals surface area (Å²) in [6, 6.07) is 4.37. The van der Waals surface area contributed by atoms with Crippen molar-refractivity contribution in [2.45, 2.75) is 57.0 Å². The lowest BCUT2D eigenvalue weighted by Crippen LogP contribution is -2.43. The van der Waals surface area contributed by atoms with E-state index in [1.807, 2.05) is 20.0 Å². The van der Waals surface area contributed by atoms with E-state index >= 15 is 0 Å². The Kier molecular flexibility index (Phi) is 9.85. The second kappa shape index (κ2) is 13.4. The molecule has 0 spiro atoms. The van der Waals surface area contributed by atoms with Crippen molar-refractivity contribution >= 4 is 21.1 Å². The first-order chi connectivity index (χ1) is 20.5. The molecule has 3 heterocycles. The van der Waals surface area contributed by atoms with E-state index in [1.54, 1.807) is 11.6 Å². The van der Waals surface area contributed by atoms with Crippen LogP contribution in [0.4, 0.5) is 0 Å². The van der Waals surface area contributed by atoms with Gasteiger partial charge in [0.25, 0.3) is 15.7 Å². The molecule has 2 aromatic heterocycles. The van der Waals surface area contributed by atoms with E-state index < -0.39 is 38.8 Å². The van der Waals surface area contributed by atoms with E-state index in [0.29, 0.717) is 41.8 Å². The van der Waals surface area contributed by atoms with Crippen LogP contribution in [0.3, 0.4) is 0 Å². The minimum Gasteiger partial charge on any atom is -0.493 e. The van der Waals surface area contributed by atoms with Crippen LogP contribution in [0.15, 0.2) is 34.1 Å². The number of nitrogens with one attached hydrogen (secondary N) is 1. The highest BCUT2D eigenvalue weighted by Crippen LogP contribution is 2.34. The fraction of sp³-hybridized carbons (Fsp3) is 0.538. The zero-order valence-electron chi connectivity index (χ0n) is 24.1. The summed E-state index contributed by atoms with van der Waals surface area (Å²) >= 11 is 0. The van der Waals surface area contributed by atoms with Gasteiger partial charge in [0.2, 0.25) is 10.0 Å². The smallest absolute Gasteiger partial charge is 0.294 e. The monoisotopic (exact) mass is 622 g/mol. The van der Waals surface area contributed by atoms with Crippen LogP contribution in [0.2, 0.25) is 0 Å². The lowest BCUT2D eigenvalue weighted by molar-refractivity contribution is -0.791. The Morgan fingerprint density at radius 1 is 1.14 bits per heavy atom. The zero-order valence-corrected chi connectivity index (χ0v) is 24.9. The second-order valence-electron chi connectivity index (χ2n) is 10.3. The van der Waals surface area contributed by atoms with Crippen LogP contribution >= 0.6 is 0 Å². The molecule has 234 valence electrons. The molecule has 43 heavy (non-hydrogen) atoms. The predicted octanol–water partition coefficient (Wildman–Crippen LogP) is 2.86. The predicted molar refractivity (Wildman–Crippen MR) is 153 cm³/mol. The van der Waals surface area contributed by atoms with Crippen LogP contribution in [0.1, 0.15) is 45.1 Å². The number of sulfonamides is 1. The lowest BCUT2D eigenvalue weighted by Gasteiger charge is -2.34. The van der Waals surface area contributed by atoms with Crippen LogP contribution in [0.25, 0.3) is 22.4 Å². The molecule has 0 bridgehead atoms. The topological polar surface area (TPSA) is 202 Å². The molecule has 1 saturated heterocycles. The van der Waals surface area contributed by atoms with Gasteiger partial charge in [-0.3, -0.25) is 4.79 Å².